The summed E-state index contributed by atoms with van der Waals surface area (Å²) in [5.41, 5.74) is 2.97. The van der Waals surface area contributed by atoms with Gasteiger partial charge in [0.15, 0.2) is 0 Å². The number of hydrogen-bond donors (Lipinski definition) is 1. The molecule has 6 nitrogen and oxygen atoms in total. The number of anilines is 3. The van der Waals surface area contributed by atoms with Crippen LogP contribution in [0.1, 0.15) is 5.69 Å². The first-order chi connectivity index (χ1) is 11.7. The molecule has 2 aromatic rings. The summed E-state index contributed by atoms with van der Waals surface area (Å²) in [5.74, 6) is 0.581. The van der Waals surface area contributed by atoms with Gasteiger partial charge < -0.3 is 15.1 Å². The fraction of sp³-hybridized carbons (Fsp3) is 0.278. The molecule has 0 spiro atoms. The molecule has 24 heavy (non-hydrogen) atoms. The quantitative estimate of drug-likeness (QED) is 0.875. The second-order valence-electron chi connectivity index (χ2n) is 5.68. The molecule has 1 amide bonds. The maximum Gasteiger partial charge on any atom is 0.246 e. The summed E-state index contributed by atoms with van der Waals surface area (Å²) in [6, 6.07) is 9.95. The van der Waals surface area contributed by atoms with E-state index < -0.39 is 0 Å². The molecule has 0 saturated carbocycles. The van der Waals surface area contributed by atoms with E-state index >= 15 is 0 Å². The Morgan fingerprint density at radius 1 is 1.21 bits per heavy atom. The number of hydrogen-bond acceptors (Lipinski definition) is 5. The third-order valence-corrected chi connectivity index (χ3v) is 4.05. The van der Waals surface area contributed by atoms with Crippen molar-refractivity contribution in [2.45, 2.75) is 6.92 Å². The Labute approximate surface area is 141 Å². The van der Waals surface area contributed by atoms with Crippen molar-refractivity contribution in [3.8, 4) is 0 Å². The van der Waals surface area contributed by atoms with Crippen LogP contribution in [0.3, 0.4) is 0 Å². The molecule has 1 aromatic heterocycles. The fourth-order valence-electron chi connectivity index (χ4n) is 2.78. The van der Waals surface area contributed by atoms with Crippen LogP contribution in [0.25, 0.3) is 0 Å². The number of aromatic nitrogens is 2. The third kappa shape index (κ3) is 3.53. The molecule has 1 aliphatic heterocycles. The molecule has 0 radical (unpaired) electrons. The molecule has 1 aliphatic rings. The number of nitrogens with zero attached hydrogens (tertiary/aromatic N) is 4. The zero-order valence-electron chi connectivity index (χ0n) is 13.8. The van der Waals surface area contributed by atoms with Crippen molar-refractivity contribution < 1.29 is 4.79 Å². The van der Waals surface area contributed by atoms with Crippen LogP contribution < -0.4 is 10.2 Å². The van der Waals surface area contributed by atoms with E-state index in [0.717, 1.165) is 30.2 Å². The Balaban J connectivity index is 1.75. The molecule has 3 rings (SSSR count). The lowest BCUT2D eigenvalue weighted by molar-refractivity contribution is -0.126. The number of rotatable bonds is 4. The first-order valence-corrected chi connectivity index (χ1v) is 7.99. The molecule has 1 fully saturated rings. The number of amides is 1. The minimum Gasteiger partial charge on any atom is -0.366 e. The maximum atomic E-state index is 11.7. The van der Waals surface area contributed by atoms with Crippen molar-refractivity contribution in [1.29, 1.82) is 0 Å². The molecule has 0 atom stereocenters. The van der Waals surface area contributed by atoms with Gasteiger partial charge in [-0.1, -0.05) is 18.7 Å². The average molecular weight is 323 g/mol. The van der Waals surface area contributed by atoms with E-state index in [4.69, 9.17) is 0 Å². The highest BCUT2D eigenvalue weighted by Crippen LogP contribution is 2.28. The summed E-state index contributed by atoms with van der Waals surface area (Å²) < 4.78 is 0. The Morgan fingerprint density at radius 3 is 2.67 bits per heavy atom. The van der Waals surface area contributed by atoms with Gasteiger partial charge in [-0.15, -0.1) is 0 Å². The topological polar surface area (TPSA) is 61.4 Å². The van der Waals surface area contributed by atoms with Crippen molar-refractivity contribution >= 4 is 23.2 Å². The van der Waals surface area contributed by atoms with E-state index in [2.05, 4.69) is 32.8 Å². The fourth-order valence-corrected chi connectivity index (χ4v) is 2.78. The second kappa shape index (κ2) is 7.12. The highest BCUT2D eigenvalue weighted by Gasteiger charge is 2.21. The van der Waals surface area contributed by atoms with Crippen LogP contribution >= 0.6 is 0 Å². The van der Waals surface area contributed by atoms with Crippen molar-refractivity contribution in [2.75, 3.05) is 36.4 Å². The molecule has 0 bridgehead atoms. The lowest BCUT2D eigenvalue weighted by Crippen LogP contribution is -2.48. The van der Waals surface area contributed by atoms with Gasteiger partial charge in [0.25, 0.3) is 0 Å². The number of benzene rings is 1. The predicted octanol–water partition coefficient (Wildman–Crippen LogP) is 2.36. The summed E-state index contributed by atoms with van der Waals surface area (Å²) in [6.07, 6.45) is 3.12. The average Bonchev–Trinajstić information content (AvgIpc) is 2.62. The summed E-state index contributed by atoms with van der Waals surface area (Å²) >= 11 is 0. The number of para-hydroxylation sites is 2. The second-order valence-corrected chi connectivity index (χ2v) is 5.68. The summed E-state index contributed by atoms with van der Waals surface area (Å²) in [4.78, 5) is 24.5. The SMILES string of the molecule is C=CC(=O)N1CCN(c2ccccc2Nc2nccc(C)n2)CC1. The summed E-state index contributed by atoms with van der Waals surface area (Å²) in [5, 5.41) is 3.30. The molecule has 1 aromatic carbocycles. The van der Waals surface area contributed by atoms with E-state index in [9.17, 15) is 4.79 Å². The molecule has 1 N–H and O–H groups in total. The first kappa shape index (κ1) is 16.0. The van der Waals surface area contributed by atoms with Gasteiger partial charge in [0.05, 0.1) is 11.4 Å². The van der Waals surface area contributed by atoms with Gasteiger partial charge in [0.1, 0.15) is 0 Å². The van der Waals surface area contributed by atoms with Gasteiger partial charge in [-0.2, -0.15) is 0 Å². The van der Waals surface area contributed by atoms with E-state index in [1.807, 2.05) is 36.1 Å². The monoisotopic (exact) mass is 323 g/mol. The molecular weight excluding hydrogens is 302 g/mol. The van der Waals surface area contributed by atoms with Gasteiger partial charge in [-0.25, -0.2) is 9.97 Å². The molecule has 2 heterocycles. The number of carbonyl (C=O) groups excluding carboxylic acids is 1. The zero-order chi connectivity index (χ0) is 16.9. The number of nitrogens with one attached hydrogen (secondary N) is 1. The lowest BCUT2D eigenvalue weighted by atomic mass is 10.2. The maximum absolute atomic E-state index is 11.7. The number of piperazine rings is 1. The Kier molecular flexibility index (Phi) is 4.74. The molecular formula is C18H21N5O. The van der Waals surface area contributed by atoms with E-state index in [1.165, 1.54) is 6.08 Å². The molecule has 1 saturated heterocycles. The van der Waals surface area contributed by atoms with Crippen LogP contribution in [0.5, 0.6) is 0 Å². The Hall–Kier alpha value is -2.89. The Bertz CT molecular complexity index is 738. The van der Waals surface area contributed by atoms with Crippen LogP contribution in [0.15, 0.2) is 49.2 Å². The molecule has 0 aliphatic carbocycles. The van der Waals surface area contributed by atoms with E-state index in [-0.39, 0.29) is 5.91 Å². The van der Waals surface area contributed by atoms with Gasteiger partial charge in [-0.3, -0.25) is 4.79 Å². The zero-order valence-corrected chi connectivity index (χ0v) is 13.8. The van der Waals surface area contributed by atoms with Crippen LogP contribution in [0.4, 0.5) is 17.3 Å². The Morgan fingerprint density at radius 2 is 1.96 bits per heavy atom. The normalized spacial score (nSPS) is 14.4. The van der Waals surface area contributed by atoms with Crippen LogP contribution in [-0.2, 0) is 4.79 Å². The van der Waals surface area contributed by atoms with Crippen molar-refractivity contribution in [2.24, 2.45) is 0 Å². The predicted molar refractivity (Wildman–Crippen MR) is 95.5 cm³/mol. The third-order valence-electron chi connectivity index (χ3n) is 4.05. The largest absolute Gasteiger partial charge is 0.366 e. The van der Waals surface area contributed by atoms with E-state index in [1.54, 1.807) is 6.20 Å². The van der Waals surface area contributed by atoms with Crippen LogP contribution in [0, 0.1) is 6.92 Å². The molecule has 0 unspecified atom stereocenters. The molecule has 6 heteroatoms. The van der Waals surface area contributed by atoms with Crippen molar-refractivity contribution in [1.82, 2.24) is 14.9 Å². The van der Waals surface area contributed by atoms with Crippen LogP contribution in [0.2, 0.25) is 0 Å². The summed E-state index contributed by atoms with van der Waals surface area (Å²) in [7, 11) is 0. The lowest BCUT2D eigenvalue weighted by Gasteiger charge is -2.36. The minimum atomic E-state index is -0.00535. The van der Waals surface area contributed by atoms with Crippen molar-refractivity contribution in [3.05, 3.63) is 54.9 Å². The van der Waals surface area contributed by atoms with Crippen molar-refractivity contribution in [3.63, 3.8) is 0 Å². The van der Waals surface area contributed by atoms with Gasteiger partial charge in [-0.05, 0) is 31.2 Å². The smallest absolute Gasteiger partial charge is 0.246 e. The van der Waals surface area contributed by atoms with E-state index in [0.29, 0.717) is 19.0 Å². The highest BCUT2D eigenvalue weighted by atomic mass is 16.2. The number of aryl methyl sites for hydroxylation is 1. The van der Waals surface area contributed by atoms with Gasteiger partial charge in [0.2, 0.25) is 11.9 Å². The summed E-state index contributed by atoms with van der Waals surface area (Å²) in [6.45, 7) is 8.45. The molecule has 124 valence electrons. The van der Waals surface area contributed by atoms with Gasteiger partial charge >= 0.3 is 0 Å². The van der Waals surface area contributed by atoms with Gasteiger partial charge in [0, 0.05) is 38.1 Å². The first-order valence-electron chi connectivity index (χ1n) is 7.99. The van der Waals surface area contributed by atoms with Crippen LogP contribution in [-0.4, -0.2) is 47.0 Å². The highest BCUT2D eigenvalue weighted by molar-refractivity contribution is 5.87. The number of carbonyl (C=O) groups is 1. The standard InChI is InChI=1S/C18H21N5O/c1-3-17(24)23-12-10-22(11-13-23)16-7-5-4-6-15(16)21-18-19-9-8-14(2)20-18/h3-9H,1,10-13H2,2H3,(H,19,20,21). The minimum absolute atomic E-state index is 0.00535.